The van der Waals surface area contributed by atoms with Crippen molar-refractivity contribution < 1.29 is 4.79 Å². The maximum Gasteiger partial charge on any atom is 0.216 e. The van der Waals surface area contributed by atoms with Crippen LogP contribution in [0.4, 0.5) is 0 Å². The first-order valence-electron chi connectivity index (χ1n) is 5.40. The zero-order valence-corrected chi connectivity index (χ0v) is 9.58. The van der Waals surface area contributed by atoms with Gasteiger partial charge in [-0.1, -0.05) is 30.3 Å². The summed E-state index contributed by atoms with van der Waals surface area (Å²) in [5.41, 5.74) is 6.63. The first kappa shape index (κ1) is 11.5. The van der Waals surface area contributed by atoms with E-state index >= 15 is 0 Å². The highest BCUT2D eigenvalue weighted by atomic mass is 16.1. The van der Waals surface area contributed by atoms with Crippen molar-refractivity contribution in [2.24, 2.45) is 5.73 Å². The number of rotatable bonds is 4. The Labute approximate surface area is 99.3 Å². The Kier molecular flexibility index (Phi) is 3.30. The lowest BCUT2D eigenvalue weighted by atomic mass is 10.2. The molecule has 2 rings (SSSR count). The van der Waals surface area contributed by atoms with Crippen molar-refractivity contribution in [2.75, 3.05) is 0 Å². The predicted octanol–water partition coefficient (Wildman–Crippen LogP) is 0.856. The molecule has 0 spiro atoms. The highest BCUT2D eigenvalue weighted by Crippen LogP contribution is 2.05. The van der Waals surface area contributed by atoms with E-state index in [-0.39, 0.29) is 5.78 Å². The Hall–Kier alpha value is -2.01. The summed E-state index contributed by atoms with van der Waals surface area (Å²) in [6, 6.07) is 9.22. The fraction of sp³-hybridized carbons (Fsp3) is 0.250. The van der Waals surface area contributed by atoms with E-state index in [0.717, 1.165) is 5.56 Å². The second-order valence-corrected chi connectivity index (χ2v) is 3.88. The number of aromatic nitrogens is 3. The fourth-order valence-electron chi connectivity index (χ4n) is 1.53. The molecule has 2 aromatic rings. The predicted molar refractivity (Wildman–Crippen MR) is 63.5 cm³/mol. The van der Waals surface area contributed by atoms with E-state index in [1.165, 1.54) is 6.33 Å². The molecule has 0 fully saturated rings. The van der Waals surface area contributed by atoms with E-state index < -0.39 is 6.04 Å². The van der Waals surface area contributed by atoms with Crippen LogP contribution in [0.1, 0.15) is 23.1 Å². The molecule has 1 heterocycles. The average molecular weight is 230 g/mol. The van der Waals surface area contributed by atoms with Crippen LogP contribution in [0, 0.1) is 0 Å². The normalized spacial score (nSPS) is 12.4. The van der Waals surface area contributed by atoms with E-state index in [1.807, 2.05) is 30.3 Å². The number of nitrogens with zero attached hydrogens (tertiary/aromatic N) is 3. The number of Topliss-reactive ketones (excluding diaryl/α,β-unsaturated/α-hetero) is 1. The zero-order valence-electron chi connectivity index (χ0n) is 9.58. The van der Waals surface area contributed by atoms with Gasteiger partial charge < -0.3 is 5.73 Å². The molecule has 1 atom stereocenters. The molecule has 0 amide bonds. The van der Waals surface area contributed by atoms with Gasteiger partial charge in [0.2, 0.25) is 5.78 Å². The van der Waals surface area contributed by atoms with Crippen LogP contribution in [-0.4, -0.2) is 26.6 Å². The molecule has 0 saturated heterocycles. The summed E-state index contributed by atoms with van der Waals surface area (Å²) in [6.07, 6.45) is 1.37. The van der Waals surface area contributed by atoms with E-state index in [4.69, 9.17) is 5.73 Å². The van der Waals surface area contributed by atoms with E-state index in [2.05, 4.69) is 10.1 Å². The Morgan fingerprint density at radius 1 is 1.41 bits per heavy atom. The van der Waals surface area contributed by atoms with Crippen molar-refractivity contribution >= 4 is 5.78 Å². The molecular formula is C12H14N4O. The molecular weight excluding hydrogens is 216 g/mol. The third-order valence-electron chi connectivity index (χ3n) is 2.42. The number of hydrogen-bond acceptors (Lipinski definition) is 4. The molecule has 0 bridgehead atoms. The molecule has 1 unspecified atom stereocenters. The summed E-state index contributed by atoms with van der Waals surface area (Å²) in [5.74, 6) is 0.113. The monoisotopic (exact) mass is 230 g/mol. The number of hydrogen-bond donors (Lipinski definition) is 1. The lowest BCUT2D eigenvalue weighted by Crippen LogP contribution is -2.29. The zero-order chi connectivity index (χ0) is 12.3. The molecule has 2 N–H and O–H groups in total. The number of carbonyl (C=O) groups excluding carboxylic acids is 1. The topological polar surface area (TPSA) is 73.8 Å². The molecule has 0 saturated carbocycles. The van der Waals surface area contributed by atoms with Gasteiger partial charge in [-0.05, 0) is 12.5 Å². The van der Waals surface area contributed by atoms with Crippen molar-refractivity contribution in [2.45, 2.75) is 19.5 Å². The SMILES string of the molecule is CC(N)C(=O)c1ncnn1Cc1ccccc1. The van der Waals surface area contributed by atoms with E-state index in [1.54, 1.807) is 11.6 Å². The number of nitrogens with two attached hydrogens (primary N) is 1. The third-order valence-corrected chi connectivity index (χ3v) is 2.42. The van der Waals surface area contributed by atoms with Crippen LogP contribution in [0.15, 0.2) is 36.7 Å². The molecule has 0 aliphatic carbocycles. The van der Waals surface area contributed by atoms with Crippen LogP contribution in [0.5, 0.6) is 0 Å². The molecule has 5 heteroatoms. The van der Waals surface area contributed by atoms with Crippen LogP contribution in [0.2, 0.25) is 0 Å². The fourth-order valence-corrected chi connectivity index (χ4v) is 1.53. The van der Waals surface area contributed by atoms with Gasteiger partial charge in [-0.3, -0.25) is 4.79 Å². The van der Waals surface area contributed by atoms with Gasteiger partial charge in [-0.2, -0.15) is 5.10 Å². The van der Waals surface area contributed by atoms with Crippen LogP contribution in [0.3, 0.4) is 0 Å². The van der Waals surface area contributed by atoms with Gasteiger partial charge in [0.15, 0.2) is 5.82 Å². The maximum absolute atomic E-state index is 11.8. The Morgan fingerprint density at radius 3 is 2.76 bits per heavy atom. The number of carbonyl (C=O) groups is 1. The van der Waals surface area contributed by atoms with Crippen LogP contribution < -0.4 is 5.73 Å². The van der Waals surface area contributed by atoms with Crippen molar-refractivity contribution in [3.05, 3.63) is 48.0 Å². The molecule has 5 nitrogen and oxygen atoms in total. The molecule has 1 aromatic carbocycles. The third kappa shape index (κ3) is 2.57. The summed E-state index contributed by atoms with van der Waals surface area (Å²) in [4.78, 5) is 15.7. The molecule has 88 valence electrons. The second-order valence-electron chi connectivity index (χ2n) is 3.88. The Morgan fingerprint density at radius 2 is 2.12 bits per heavy atom. The van der Waals surface area contributed by atoms with Gasteiger partial charge in [-0.25, -0.2) is 9.67 Å². The first-order chi connectivity index (χ1) is 8.18. The highest BCUT2D eigenvalue weighted by Gasteiger charge is 2.17. The molecule has 17 heavy (non-hydrogen) atoms. The van der Waals surface area contributed by atoms with Gasteiger partial charge in [0.25, 0.3) is 0 Å². The maximum atomic E-state index is 11.8. The Balaban J connectivity index is 2.23. The van der Waals surface area contributed by atoms with Crippen molar-refractivity contribution in [3.8, 4) is 0 Å². The molecule has 0 aliphatic rings. The highest BCUT2D eigenvalue weighted by molar-refractivity contribution is 5.96. The van der Waals surface area contributed by atoms with Crippen LogP contribution in [0.25, 0.3) is 0 Å². The summed E-state index contributed by atoms with van der Waals surface area (Å²) >= 11 is 0. The lowest BCUT2D eigenvalue weighted by Gasteiger charge is -2.07. The van der Waals surface area contributed by atoms with Crippen molar-refractivity contribution in [1.82, 2.24) is 14.8 Å². The smallest absolute Gasteiger partial charge is 0.216 e. The van der Waals surface area contributed by atoms with Gasteiger partial charge in [-0.15, -0.1) is 0 Å². The summed E-state index contributed by atoms with van der Waals surface area (Å²) in [6.45, 7) is 2.17. The average Bonchev–Trinajstić information content (AvgIpc) is 2.77. The van der Waals surface area contributed by atoms with Crippen LogP contribution in [-0.2, 0) is 6.54 Å². The van der Waals surface area contributed by atoms with Crippen molar-refractivity contribution in [1.29, 1.82) is 0 Å². The summed E-state index contributed by atoms with van der Waals surface area (Å²) in [5, 5.41) is 4.04. The van der Waals surface area contributed by atoms with Crippen LogP contribution >= 0.6 is 0 Å². The number of benzene rings is 1. The molecule has 0 aliphatic heterocycles. The second kappa shape index (κ2) is 4.88. The first-order valence-corrected chi connectivity index (χ1v) is 5.40. The quantitative estimate of drug-likeness (QED) is 0.790. The Bertz CT molecular complexity index is 504. The minimum atomic E-state index is -0.561. The minimum Gasteiger partial charge on any atom is -0.321 e. The molecule has 0 radical (unpaired) electrons. The largest absolute Gasteiger partial charge is 0.321 e. The van der Waals surface area contributed by atoms with Gasteiger partial charge in [0.1, 0.15) is 6.33 Å². The van der Waals surface area contributed by atoms with Gasteiger partial charge in [0.05, 0.1) is 12.6 Å². The lowest BCUT2D eigenvalue weighted by molar-refractivity contribution is 0.0952. The van der Waals surface area contributed by atoms with E-state index in [9.17, 15) is 4.79 Å². The van der Waals surface area contributed by atoms with Gasteiger partial charge >= 0.3 is 0 Å². The molecule has 1 aromatic heterocycles. The summed E-state index contributed by atoms with van der Waals surface area (Å²) < 4.78 is 1.57. The van der Waals surface area contributed by atoms with E-state index in [0.29, 0.717) is 12.4 Å². The number of ketones is 1. The van der Waals surface area contributed by atoms with Crippen molar-refractivity contribution in [3.63, 3.8) is 0 Å². The minimum absolute atomic E-state index is 0.196. The standard InChI is InChI=1S/C12H14N4O/c1-9(13)11(17)12-14-8-15-16(12)7-10-5-3-2-4-6-10/h2-6,8-9H,7,13H2,1H3. The summed E-state index contributed by atoms with van der Waals surface area (Å²) in [7, 11) is 0. The van der Waals surface area contributed by atoms with Gasteiger partial charge in [0, 0.05) is 0 Å².